The van der Waals surface area contributed by atoms with E-state index >= 15 is 0 Å². The molecule has 1 fully saturated rings. The molecule has 2 unspecified atom stereocenters. The molecular weight excluding hydrogens is 302 g/mol. The van der Waals surface area contributed by atoms with Crippen LogP contribution in [0.25, 0.3) is 0 Å². The maximum Gasteiger partial charge on any atom is 0.315 e. The van der Waals surface area contributed by atoms with Crippen molar-refractivity contribution < 1.29 is 9.90 Å². The molecule has 2 amide bonds. The van der Waals surface area contributed by atoms with Gasteiger partial charge in [0, 0.05) is 43.7 Å². The summed E-state index contributed by atoms with van der Waals surface area (Å²) in [5.41, 5.74) is 1.31. The summed E-state index contributed by atoms with van der Waals surface area (Å²) < 4.78 is 0. The molecule has 0 bridgehead atoms. The molecular formula is C19H27N3O2. The monoisotopic (exact) mass is 329 g/mol. The number of hydrogen-bond donors (Lipinski definition) is 3. The SMILES string of the molecule is CC1CC(NC(=O)N[C@@H]2C=C[C@H](CO)C2)CN1Cc1ccccc1. The lowest BCUT2D eigenvalue weighted by Gasteiger charge is -2.21. The van der Waals surface area contributed by atoms with Crippen LogP contribution in [0.15, 0.2) is 42.5 Å². The van der Waals surface area contributed by atoms with Gasteiger partial charge < -0.3 is 15.7 Å². The molecule has 5 nitrogen and oxygen atoms in total. The number of nitrogens with one attached hydrogen (secondary N) is 2. The summed E-state index contributed by atoms with van der Waals surface area (Å²) in [6.45, 7) is 4.16. The van der Waals surface area contributed by atoms with Gasteiger partial charge in [-0.3, -0.25) is 4.90 Å². The summed E-state index contributed by atoms with van der Waals surface area (Å²) in [4.78, 5) is 14.6. The molecule has 1 aromatic carbocycles. The highest BCUT2D eigenvalue weighted by atomic mass is 16.3. The third-order valence-electron chi connectivity index (χ3n) is 4.99. The maximum absolute atomic E-state index is 12.2. The van der Waals surface area contributed by atoms with Crippen LogP contribution in [0, 0.1) is 5.92 Å². The molecule has 0 aromatic heterocycles. The highest BCUT2D eigenvalue weighted by Crippen LogP contribution is 2.20. The van der Waals surface area contributed by atoms with Gasteiger partial charge in [0.05, 0.1) is 0 Å². The number of rotatable bonds is 5. The fourth-order valence-corrected chi connectivity index (χ4v) is 3.65. The van der Waals surface area contributed by atoms with Crippen molar-refractivity contribution >= 4 is 6.03 Å². The highest BCUT2D eigenvalue weighted by Gasteiger charge is 2.30. The molecule has 1 aliphatic heterocycles. The molecule has 1 aromatic rings. The van der Waals surface area contributed by atoms with Crippen molar-refractivity contribution in [3.63, 3.8) is 0 Å². The number of aliphatic hydroxyl groups excluding tert-OH is 1. The molecule has 24 heavy (non-hydrogen) atoms. The first-order chi connectivity index (χ1) is 11.6. The third-order valence-corrected chi connectivity index (χ3v) is 4.99. The molecule has 1 heterocycles. The van der Waals surface area contributed by atoms with Gasteiger partial charge in [-0.1, -0.05) is 42.5 Å². The van der Waals surface area contributed by atoms with Crippen LogP contribution < -0.4 is 10.6 Å². The maximum atomic E-state index is 12.2. The van der Waals surface area contributed by atoms with Crippen molar-refractivity contribution in [2.24, 2.45) is 5.92 Å². The number of amides is 2. The molecule has 2 aliphatic rings. The molecule has 3 rings (SSSR count). The van der Waals surface area contributed by atoms with Crippen LogP contribution >= 0.6 is 0 Å². The summed E-state index contributed by atoms with van der Waals surface area (Å²) >= 11 is 0. The molecule has 0 spiro atoms. The second-order valence-corrected chi connectivity index (χ2v) is 6.98. The number of benzene rings is 1. The first kappa shape index (κ1) is 17.0. The Morgan fingerprint density at radius 2 is 2.00 bits per heavy atom. The van der Waals surface area contributed by atoms with Crippen LogP contribution in [0.3, 0.4) is 0 Å². The Morgan fingerprint density at radius 1 is 1.21 bits per heavy atom. The summed E-state index contributed by atoms with van der Waals surface area (Å²) in [5, 5.41) is 15.2. The van der Waals surface area contributed by atoms with Crippen LogP contribution in [-0.2, 0) is 6.54 Å². The van der Waals surface area contributed by atoms with Crippen molar-refractivity contribution in [3.05, 3.63) is 48.0 Å². The minimum Gasteiger partial charge on any atom is -0.396 e. The van der Waals surface area contributed by atoms with E-state index < -0.39 is 0 Å². The molecule has 0 radical (unpaired) electrons. The average molecular weight is 329 g/mol. The minimum absolute atomic E-state index is 0.0291. The lowest BCUT2D eigenvalue weighted by atomic mass is 10.1. The minimum atomic E-state index is -0.109. The normalized spacial score (nSPS) is 29.8. The van der Waals surface area contributed by atoms with Crippen LogP contribution in [0.4, 0.5) is 4.79 Å². The van der Waals surface area contributed by atoms with E-state index in [1.54, 1.807) is 0 Å². The van der Waals surface area contributed by atoms with Crippen molar-refractivity contribution in [3.8, 4) is 0 Å². The van der Waals surface area contributed by atoms with Crippen molar-refractivity contribution in [1.82, 2.24) is 15.5 Å². The third kappa shape index (κ3) is 4.36. The zero-order chi connectivity index (χ0) is 16.9. The lowest BCUT2D eigenvalue weighted by molar-refractivity contribution is 0.227. The Bertz CT molecular complexity index is 575. The van der Waals surface area contributed by atoms with Gasteiger partial charge in [0.2, 0.25) is 0 Å². The molecule has 5 heteroatoms. The van der Waals surface area contributed by atoms with Gasteiger partial charge in [0.25, 0.3) is 0 Å². The average Bonchev–Trinajstić information content (AvgIpc) is 3.15. The van der Waals surface area contributed by atoms with Gasteiger partial charge in [0.15, 0.2) is 0 Å². The van der Waals surface area contributed by atoms with E-state index in [1.165, 1.54) is 5.56 Å². The first-order valence-electron chi connectivity index (χ1n) is 8.78. The van der Waals surface area contributed by atoms with Gasteiger partial charge in [-0.05, 0) is 25.3 Å². The molecule has 0 saturated carbocycles. The van der Waals surface area contributed by atoms with E-state index in [2.05, 4.69) is 46.7 Å². The molecule has 3 N–H and O–H groups in total. The van der Waals surface area contributed by atoms with Gasteiger partial charge in [-0.15, -0.1) is 0 Å². The standard InChI is InChI=1S/C19H27N3O2/c1-14-9-18(12-22(14)11-15-5-3-2-4-6-15)21-19(24)20-17-8-7-16(10-17)13-23/h2-8,14,16-18,23H,9-13H2,1H3,(H2,20,21,24)/t14?,16-,17+,18?/m0/s1. The van der Waals surface area contributed by atoms with Crippen LogP contribution in [0.2, 0.25) is 0 Å². The fourth-order valence-electron chi connectivity index (χ4n) is 3.65. The summed E-state index contributed by atoms with van der Waals surface area (Å²) in [6, 6.07) is 11.0. The fraction of sp³-hybridized carbons (Fsp3) is 0.526. The number of aliphatic hydroxyl groups is 1. The number of nitrogens with zero attached hydrogens (tertiary/aromatic N) is 1. The molecule has 1 aliphatic carbocycles. The van der Waals surface area contributed by atoms with E-state index in [0.29, 0.717) is 6.04 Å². The zero-order valence-corrected chi connectivity index (χ0v) is 14.2. The predicted octanol–water partition coefficient (Wildman–Crippen LogP) is 1.89. The molecule has 4 atom stereocenters. The Kier molecular flexibility index (Phi) is 5.53. The number of likely N-dealkylation sites (tertiary alicyclic amines) is 1. The van der Waals surface area contributed by atoms with Crippen LogP contribution in [0.5, 0.6) is 0 Å². The number of carbonyl (C=O) groups excluding carboxylic acids is 1. The van der Waals surface area contributed by atoms with Gasteiger partial charge in [-0.25, -0.2) is 4.79 Å². The van der Waals surface area contributed by atoms with Crippen LogP contribution in [-0.4, -0.2) is 47.3 Å². The zero-order valence-electron chi connectivity index (χ0n) is 14.2. The second-order valence-electron chi connectivity index (χ2n) is 6.98. The predicted molar refractivity (Wildman–Crippen MR) is 94.5 cm³/mol. The van der Waals surface area contributed by atoms with Gasteiger partial charge in [-0.2, -0.15) is 0 Å². The van der Waals surface area contributed by atoms with Crippen molar-refractivity contribution in [2.75, 3.05) is 13.2 Å². The number of carbonyl (C=O) groups is 1. The second kappa shape index (κ2) is 7.81. The Morgan fingerprint density at radius 3 is 2.71 bits per heavy atom. The number of hydrogen-bond acceptors (Lipinski definition) is 3. The van der Waals surface area contributed by atoms with E-state index in [9.17, 15) is 4.79 Å². The lowest BCUT2D eigenvalue weighted by Crippen LogP contribution is -2.46. The van der Waals surface area contributed by atoms with Gasteiger partial charge in [0.1, 0.15) is 0 Å². The molecule has 1 saturated heterocycles. The Hall–Kier alpha value is -1.85. The molecule has 130 valence electrons. The van der Waals surface area contributed by atoms with Crippen LogP contribution in [0.1, 0.15) is 25.3 Å². The van der Waals surface area contributed by atoms with Gasteiger partial charge >= 0.3 is 6.03 Å². The van der Waals surface area contributed by atoms with E-state index in [4.69, 9.17) is 5.11 Å². The summed E-state index contributed by atoms with van der Waals surface area (Å²) in [7, 11) is 0. The first-order valence-corrected chi connectivity index (χ1v) is 8.78. The number of urea groups is 1. The van der Waals surface area contributed by atoms with E-state index in [1.807, 2.05) is 18.2 Å². The topological polar surface area (TPSA) is 64.6 Å². The van der Waals surface area contributed by atoms with Crippen molar-refractivity contribution in [2.45, 2.75) is 44.4 Å². The highest BCUT2D eigenvalue weighted by molar-refractivity contribution is 5.75. The van der Waals surface area contributed by atoms with E-state index in [0.717, 1.165) is 25.9 Å². The summed E-state index contributed by atoms with van der Waals surface area (Å²) in [5.74, 6) is 0.170. The smallest absolute Gasteiger partial charge is 0.315 e. The Balaban J connectivity index is 1.45. The van der Waals surface area contributed by atoms with E-state index in [-0.39, 0.29) is 30.6 Å². The summed E-state index contributed by atoms with van der Waals surface area (Å²) in [6.07, 6.45) is 5.70. The quantitative estimate of drug-likeness (QED) is 0.723. The largest absolute Gasteiger partial charge is 0.396 e. The Labute approximate surface area is 143 Å². The van der Waals surface area contributed by atoms with Crippen molar-refractivity contribution in [1.29, 1.82) is 0 Å².